The summed E-state index contributed by atoms with van der Waals surface area (Å²) in [5.74, 6) is -1.15. The molecule has 1 aliphatic carbocycles. The van der Waals surface area contributed by atoms with Crippen molar-refractivity contribution in [2.24, 2.45) is 0 Å². The number of phenolic OH excluding ortho intramolecular Hbond substituents is 5. The molecule has 0 unspecified atom stereocenters. The van der Waals surface area contributed by atoms with E-state index in [2.05, 4.69) is 30.4 Å². The number of phenols is 5. The molecule has 1 spiro atoms. The lowest BCUT2D eigenvalue weighted by molar-refractivity contribution is -0.109. The molecule has 260 valence electrons. The van der Waals surface area contributed by atoms with E-state index in [4.69, 9.17) is 4.74 Å². The van der Waals surface area contributed by atoms with E-state index in [1.165, 1.54) is 67.9 Å². The number of ether oxygens (including phenoxy) is 1. The first-order chi connectivity index (χ1) is 23.8. The van der Waals surface area contributed by atoms with Gasteiger partial charge in [-0.3, -0.25) is 0 Å². The van der Waals surface area contributed by atoms with Gasteiger partial charge in [-0.2, -0.15) is 0 Å². The van der Waals surface area contributed by atoms with E-state index in [0.717, 1.165) is 50.8 Å². The predicted molar refractivity (Wildman–Crippen MR) is 196 cm³/mol. The van der Waals surface area contributed by atoms with Crippen molar-refractivity contribution in [3.63, 3.8) is 0 Å². The van der Waals surface area contributed by atoms with Crippen molar-refractivity contribution in [2.75, 3.05) is 6.61 Å². The van der Waals surface area contributed by atoms with Crippen molar-refractivity contribution in [3.05, 3.63) is 88.0 Å². The smallest absolute Gasteiger partial charge is 0.169 e. The minimum absolute atomic E-state index is 0.0728. The number of rotatable bonds is 12. The molecule has 0 aromatic heterocycles. The van der Waals surface area contributed by atoms with Gasteiger partial charge < -0.3 is 35.6 Å². The first-order valence-electron chi connectivity index (χ1n) is 18.1. The van der Waals surface area contributed by atoms with Crippen LogP contribution in [-0.2, 0) is 30.5 Å². The molecule has 0 amide bonds. The van der Waals surface area contributed by atoms with Gasteiger partial charge in [0.15, 0.2) is 23.0 Å². The Balaban J connectivity index is 1.25. The summed E-state index contributed by atoms with van der Waals surface area (Å²) in [6, 6.07) is 16.8. The SMILES string of the molecule is CCCCCc1cc(CCc2c(O)c(O)c3c(O)cccc3c2C=Cc2ccc(O)c(O)c2)ccc1CN[C@H]1CCOC2(CCCCC2)C1. The molecule has 49 heavy (non-hydrogen) atoms. The highest BCUT2D eigenvalue weighted by atomic mass is 16.5. The van der Waals surface area contributed by atoms with Crippen molar-refractivity contribution >= 4 is 22.9 Å². The maximum Gasteiger partial charge on any atom is 0.169 e. The van der Waals surface area contributed by atoms with E-state index < -0.39 is 0 Å². The zero-order valence-electron chi connectivity index (χ0n) is 28.7. The van der Waals surface area contributed by atoms with Gasteiger partial charge in [-0.1, -0.05) is 87.6 Å². The number of benzene rings is 4. The topological polar surface area (TPSA) is 122 Å². The number of fused-ring (bicyclic) bond motifs is 1. The van der Waals surface area contributed by atoms with Crippen molar-refractivity contribution in [3.8, 4) is 28.7 Å². The number of hydrogen-bond donors (Lipinski definition) is 6. The summed E-state index contributed by atoms with van der Waals surface area (Å²) >= 11 is 0. The minimum atomic E-state index is -0.340. The second-order valence-corrected chi connectivity index (χ2v) is 14.1. The van der Waals surface area contributed by atoms with Crippen molar-refractivity contribution in [2.45, 2.75) is 109 Å². The fraction of sp³-hybridized carbons (Fsp3) is 0.429. The molecule has 6 N–H and O–H groups in total. The Hall–Kier alpha value is -4.20. The van der Waals surface area contributed by atoms with Gasteiger partial charge in [0.2, 0.25) is 0 Å². The molecule has 1 aliphatic heterocycles. The number of hydrogen-bond acceptors (Lipinski definition) is 7. The standard InChI is InChI=1S/C42H51NO6/c1-2-3-5-9-30-24-28(12-16-31(30)27-43-32-20-23-49-42(26-32)21-6-4-7-22-42)14-18-35-33(17-13-29-15-19-36(44)38(46)25-29)34-10-8-11-37(45)39(34)41(48)40(35)47/h8,10-13,15-17,19,24-25,32,43-48H,2-7,9,14,18,20-23,26-27H2,1H3/t32-/m0/s1. The Morgan fingerprint density at radius 1 is 0.796 bits per heavy atom. The Labute approximate surface area is 289 Å². The van der Waals surface area contributed by atoms with Crippen LogP contribution in [0.25, 0.3) is 22.9 Å². The largest absolute Gasteiger partial charge is 0.507 e. The molecule has 4 aromatic rings. The Kier molecular flexibility index (Phi) is 11.0. The zero-order valence-corrected chi connectivity index (χ0v) is 28.7. The van der Waals surface area contributed by atoms with E-state index in [1.54, 1.807) is 18.2 Å². The quantitative estimate of drug-likeness (QED) is 0.0507. The summed E-state index contributed by atoms with van der Waals surface area (Å²) in [5.41, 5.74) is 5.83. The van der Waals surface area contributed by atoms with Gasteiger partial charge in [-0.25, -0.2) is 0 Å². The van der Waals surface area contributed by atoms with E-state index in [-0.39, 0.29) is 39.7 Å². The Morgan fingerprint density at radius 3 is 2.43 bits per heavy atom. The molecular weight excluding hydrogens is 614 g/mol. The number of aromatic hydroxyl groups is 5. The molecule has 1 heterocycles. The van der Waals surface area contributed by atoms with Gasteiger partial charge in [0, 0.05) is 24.8 Å². The molecule has 1 atom stereocenters. The van der Waals surface area contributed by atoms with Crippen LogP contribution < -0.4 is 5.32 Å². The molecule has 0 bridgehead atoms. The third-order valence-electron chi connectivity index (χ3n) is 10.7. The van der Waals surface area contributed by atoms with Gasteiger partial charge in [-0.15, -0.1) is 0 Å². The molecule has 6 rings (SSSR count). The fourth-order valence-electron chi connectivity index (χ4n) is 7.91. The normalized spacial score (nSPS) is 17.7. The van der Waals surface area contributed by atoms with Crippen LogP contribution >= 0.6 is 0 Å². The lowest BCUT2D eigenvalue weighted by atomic mass is 9.78. The van der Waals surface area contributed by atoms with Crippen LogP contribution in [0.4, 0.5) is 0 Å². The predicted octanol–water partition coefficient (Wildman–Crippen LogP) is 9.03. The highest BCUT2D eigenvalue weighted by molar-refractivity contribution is 6.03. The van der Waals surface area contributed by atoms with Gasteiger partial charge in [0.1, 0.15) is 5.75 Å². The third kappa shape index (κ3) is 8.00. The second kappa shape index (κ2) is 15.6. The van der Waals surface area contributed by atoms with E-state index in [0.29, 0.717) is 41.0 Å². The lowest BCUT2D eigenvalue weighted by Crippen LogP contribution is -2.47. The molecule has 1 saturated heterocycles. The van der Waals surface area contributed by atoms with Crippen LogP contribution in [0.5, 0.6) is 28.7 Å². The van der Waals surface area contributed by atoms with Crippen LogP contribution in [0.2, 0.25) is 0 Å². The lowest BCUT2D eigenvalue weighted by Gasteiger charge is -2.43. The first kappa shape index (κ1) is 34.7. The average Bonchev–Trinajstić information content (AvgIpc) is 3.10. The number of unbranched alkanes of at least 4 members (excludes halogenated alkanes) is 2. The molecule has 7 heteroatoms. The minimum Gasteiger partial charge on any atom is -0.507 e. The molecule has 2 aliphatic rings. The summed E-state index contributed by atoms with van der Waals surface area (Å²) in [7, 11) is 0. The molecule has 2 fully saturated rings. The molecule has 7 nitrogen and oxygen atoms in total. The van der Waals surface area contributed by atoms with Crippen LogP contribution in [-0.4, -0.2) is 43.8 Å². The first-order valence-corrected chi connectivity index (χ1v) is 18.1. The van der Waals surface area contributed by atoms with E-state index in [9.17, 15) is 25.5 Å². The highest BCUT2D eigenvalue weighted by Crippen LogP contribution is 2.45. The Bertz CT molecular complexity index is 1780. The summed E-state index contributed by atoms with van der Waals surface area (Å²) in [6.45, 7) is 3.91. The number of nitrogens with one attached hydrogen (secondary N) is 1. The van der Waals surface area contributed by atoms with Crippen LogP contribution in [0.3, 0.4) is 0 Å². The molecule has 4 aromatic carbocycles. The van der Waals surface area contributed by atoms with Gasteiger partial charge in [0.25, 0.3) is 0 Å². The summed E-state index contributed by atoms with van der Waals surface area (Å²) in [5, 5.41) is 57.4. The maximum atomic E-state index is 11.3. The molecule has 0 radical (unpaired) electrons. The van der Waals surface area contributed by atoms with Crippen molar-refractivity contribution in [1.82, 2.24) is 5.32 Å². The van der Waals surface area contributed by atoms with Gasteiger partial charge in [0.05, 0.1) is 11.0 Å². The van der Waals surface area contributed by atoms with Crippen molar-refractivity contribution < 1.29 is 30.3 Å². The second-order valence-electron chi connectivity index (χ2n) is 14.1. The number of aryl methyl sites for hydroxylation is 2. The van der Waals surface area contributed by atoms with Gasteiger partial charge in [-0.05, 0) is 103 Å². The summed E-state index contributed by atoms with van der Waals surface area (Å²) < 4.78 is 6.35. The van der Waals surface area contributed by atoms with Crippen LogP contribution in [0.15, 0.2) is 54.6 Å². The average molecular weight is 666 g/mol. The third-order valence-corrected chi connectivity index (χ3v) is 10.7. The van der Waals surface area contributed by atoms with Crippen LogP contribution in [0, 0.1) is 0 Å². The summed E-state index contributed by atoms with van der Waals surface area (Å²) in [6.07, 6.45) is 17.6. The zero-order chi connectivity index (χ0) is 34.4. The summed E-state index contributed by atoms with van der Waals surface area (Å²) in [4.78, 5) is 0. The maximum absolute atomic E-state index is 11.3. The van der Waals surface area contributed by atoms with Crippen LogP contribution in [0.1, 0.15) is 105 Å². The van der Waals surface area contributed by atoms with E-state index >= 15 is 0 Å². The molecular formula is C42H51NO6. The van der Waals surface area contributed by atoms with E-state index in [1.807, 2.05) is 12.1 Å². The van der Waals surface area contributed by atoms with Gasteiger partial charge >= 0.3 is 0 Å². The Morgan fingerprint density at radius 2 is 1.63 bits per heavy atom. The highest BCUT2D eigenvalue weighted by Gasteiger charge is 2.38. The molecule has 1 saturated carbocycles. The van der Waals surface area contributed by atoms with Crippen molar-refractivity contribution in [1.29, 1.82) is 0 Å². The fourth-order valence-corrected chi connectivity index (χ4v) is 7.91. The monoisotopic (exact) mass is 665 g/mol.